The maximum absolute atomic E-state index is 8.47. The van der Waals surface area contributed by atoms with Gasteiger partial charge < -0.3 is 0 Å². The smallest absolute Gasteiger partial charge is 0.188 e. The number of fused-ring (bicyclic) bond motifs is 1. The Morgan fingerprint density at radius 2 is 1.94 bits per heavy atom. The maximum Gasteiger partial charge on any atom is 0.188 e. The van der Waals surface area contributed by atoms with E-state index < -0.39 is 0 Å². The van der Waals surface area contributed by atoms with Crippen LogP contribution in [-0.4, -0.2) is 54.2 Å². The van der Waals surface area contributed by atoms with Crippen molar-refractivity contribution in [2.45, 2.75) is 31.2 Å². The Bertz CT molecular complexity index is 1380. The van der Waals surface area contributed by atoms with E-state index in [4.69, 9.17) is 10.8 Å². The Labute approximate surface area is 196 Å². The van der Waals surface area contributed by atoms with Crippen LogP contribution < -0.4 is 5.49 Å². The molecule has 5 rings (SSSR count). The second-order valence-corrected chi connectivity index (χ2v) is 9.24. The van der Waals surface area contributed by atoms with Gasteiger partial charge in [-0.2, -0.15) is 14.9 Å². The van der Waals surface area contributed by atoms with Crippen molar-refractivity contribution >= 4 is 27.8 Å². The Kier molecular flexibility index (Phi) is 5.82. The molecule has 0 amide bonds. The summed E-state index contributed by atoms with van der Waals surface area (Å²) in [7, 11) is 0. The summed E-state index contributed by atoms with van der Waals surface area (Å²) in [5.74, 6) is 0. The lowest BCUT2D eigenvalue weighted by Crippen LogP contribution is -2.47. The van der Waals surface area contributed by atoms with Gasteiger partial charge >= 0.3 is 0 Å². The maximum atomic E-state index is 8.47. The Morgan fingerprint density at radius 1 is 1.09 bits per heavy atom. The van der Waals surface area contributed by atoms with Crippen molar-refractivity contribution in [3.05, 3.63) is 66.2 Å². The van der Waals surface area contributed by atoms with Crippen molar-refractivity contribution in [1.29, 1.82) is 10.8 Å². The number of aryl methyl sites for hydroxylation is 1. The predicted octanol–water partition coefficient (Wildman–Crippen LogP) is 3.79. The van der Waals surface area contributed by atoms with Crippen LogP contribution in [0.25, 0.3) is 22.0 Å². The minimum Gasteiger partial charge on any atom is -0.299 e. The van der Waals surface area contributed by atoms with Crippen LogP contribution in [0.2, 0.25) is 0 Å². The first kappa shape index (κ1) is 21.5. The summed E-state index contributed by atoms with van der Waals surface area (Å²) in [6, 6.07) is 12.0. The van der Waals surface area contributed by atoms with E-state index in [1.54, 1.807) is 6.07 Å². The molecule has 9 heteroatoms. The van der Waals surface area contributed by atoms with Crippen molar-refractivity contribution in [2.24, 2.45) is 0 Å². The van der Waals surface area contributed by atoms with Crippen LogP contribution in [0.1, 0.15) is 25.6 Å². The number of benzene rings is 1. The third kappa shape index (κ3) is 4.34. The largest absolute Gasteiger partial charge is 0.299 e. The highest BCUT2D eigenvalue weighted by molar-refractivity contribution is 8.13. The molecule has 1 saturated heterocycles. The highest BCUT2D eigenvalue weighted by Gasteiger charge is 2.27. The van der Waals surface area contributed by atoms with Crippen molar-refractivity contribution in [1.82, 2.24) is 29.4 Å². The predicted molar refractivity (Wildman–Crippen MR) is 131 cm³/mol. The monoisotopic (exact) mass is 458 g/mol. The number of likely N-dealkylation sites (N-methyl/N-ethyl adjacent to an activating group) is 1. The highest BCUT2D eigenvalue weighted by Crippen LogP contribution is 2.28. The molecule has 2 N–H and O–H groups in total. The molecule has 3 aromatic heterocycles. The van der Waals surface area contributed by atoms with Gasteiger partial charge in [0.05, 0.1) is 23.4 Å². The summed E-state index contributed by atoms with van der Waals surface area (Å²) in [5.41, 5.74) is 4.03. The van der Waals surface area contributed by atoms with Crippen LogP contribution in [-0.2, 0) is 6.42 Å². The zero-order valence-electron chi connectivity index (χ0n) is 18.7. The Hall–Kier alpha value is -3.30. The molecule has 0 radical (unpaired) electrons. The van der Waals surface area contributed by atoms with Crippen LogP contribution in [0.15, 0.2) is 59.9 Å². The SMILES string of the molecule is CCc1ccc(=N)n(C(=N)Sc2ccc3ncc(-c4cnn(C5CN(CC)C5)c4)cc3c2)n1. The van der Waals surface area contributed by atoms with E-state index in [1.807, 2.05) is 43.6 Å². The van der Waals surface area contributed by atoms with E-state index in [0.29, 0.717) is 6.04 Å². The molecule has 0 unspecified atom stereocenters. The van der Waals surface area contributed by atoms with Crippen LogP contribution in [0, 0.1) is 10.8 Å². The summed E-state index contributed by atoms with van der Waals surface area (Å²) in [4.78, 5) is 7.94. The molecule has 0 saturated carbocycles. The molecule has 1 aromatic carbocycles. The third-order valence-corrected chi connectivity index (χ3v) is 6.86. The summed E-state index contributed by atoms with van der Waals surface area (Å²) in [6.45, 7) is 7.38. The molecule has 8 nitrogen and oxygen atoms in total. The molecule has 1 aliphatic heterocycles. The van der Waals surface area contributed by atoms with Gasteiger partial charge in [-0.25, -0.2) is 0 Å². The fraction of sp³-hybridized carbons (Fsp3) is 0.292. The van der Waals surface area contributed by atoms with Gasteiger partial charge in [-0.3, -0.25) is 25.4 Å². The highest BCUT2D eigenvalue weighted by atomic mass is 32.2. The Balaban J connectivity index is 1.38. The average Bonchev–Trinajstić information content (AvgIpc) is 3.28. The van der Waals surface area contributed by atoms with Crippen LogP contribution in [0.4, 0.5) is 0 Å². The zero-order chi connectivity index (χ0) is 22.9. The third-order valence-electron chi connectivity index (χ3n) is 6.01. The van der Waals surface area contributed by atoms with Gasteiger partial charge in [-0.05, 0) is 49.4 Å². The molecule has 168 valence electrons. The number of rotatable bonds is 5. The minimum absolute atomic E-state index is 0.194. The van der Waals surface area contributed by atoms with E-state index in [-0.39, 0.29) is 10.7 Å². The fourth-order valence-corrected chi connectivity index (χ4v) is 4.72. The van der Waals surface area contributed by atoms with E-state index >= 15 is 0 Å². The number of thioether (sulfide) groups is 1. The lowest BCUT2D eigenvalue weighted by molar-refractivity contribution is 0.105. The molecule has 1 aliphatic rings. The molecule has 0 bridgehead atoms. The van der Waals surface area contributed by atoms with Gasteiger partial charge in [-0.15, -0.1) is 0 Å². The summed E-state index contributed by atoms with van der Waals surface area (Å²) >= 11 is 1.28. The van der Waals surface area contributed by atoms with Crippen LogP contribution in [0.5, 0.6) is 0 Å². The van der Waals surface area contributed by atoms with Gasteiger partial charge in [0.25, 0.3) is 0 Å². The number of pyridine rings is 1. The number of likely N-dealkylation sites (tertiary alicyclic amines) is 1. The standard InChI is InChI=1S/C24H26N8S/c1-3-19-5-8-23(25)32(29-19)24(26)33-21-6-7-22-16(10-21)9-17(11-27-22)18-12-28-31(13-18)20-14-30(4-2)15-20/h5-13,20,25-26H,3-4,14-15H2,1-2H3. The number of aromatic nitrogens is 5. The first-order valence-corrected chi connectivity index (χ1v) is 11.9. The topological polar surface area (TPSA) is 99.5 Å². The van der Waals surface area contributed by atoms with Gasteiger partial charge in [-0.1, -0.05) is 25.6 Å². The van der Waals surface area contributed by atoms with Crippen LogP contribution >= 0.6 is 11.8 Å². The number of nitrogens with zero attached hydrogens (tertiary/aromatic N) is 6. The first-order valence-electron chi connectivity index (χ1n) is 11.1. The zero-order valence-corrected chi connectivity index (χ0v) is 19.5. The van der Waals surface area contributed by atoms with Crippen molar-refractivity contribution in [2.75, 3.05) is 19.6 Å². The van der Waals surface area contributed by atoms with Crippen molar-refractivity contribution in [3.63, 3.8) is 0 Å². The minimum atomic E-state index is 0.194. The molecule has 4 heterocycles. The van der Waals surface area contributed by atoms with Gasteiger partial charge in [0.1, 0.15) is 5.49 Å². The normalized spacial score (nSPS) is 14.5. The molecule has 4 aromatic rings. The Morgan fingerprint density at radius 3 is 2.73 bits per heavy atom. The van der Waals surface area contributed by atoms with E-state index in [2.05, 4.69) is 44.0 Å². The van der Waals surface area contributed by atoms with Gasteiger partial charge in [0.15, 0.2) is 5.17 Å². The number of nitrogens with one attached hydrogen (secondary N) is 2. The summed E-state index contributed by atoms with van der Waals surface area (Å²) in [5, 5.41) is 26.7. The first-order chi connectivity index (χ1) is 16.0. The lowest BCUT2D eigenvalue weighted by atomic mass is 10.1. The van der Waals surface area contributed by atoms with Gasteiger partial charge in [0.2, 0.25) is 0 Å². The number of hydrogen-bond acceptors (Lipinski definition) is 7. The molecular formula is C24H26N8S. The average molecular weight is 459 g/mol. The molecule has 1 fully saturated rings. The molecular weight excluding hydrogens is 432 g/mol. The fourth-order valence-electron chi connectivity index (χ4n) is 3.95. The summed E-state index contributed by atoms with van der Waals surface area (Å²) < 4.78 is 3.43. The van der Waals surface area contributed by atoms with E-state index in [0.717, 1.165) is 58.7 Å². The molecule has 0 aliphatic carbocycles. The summed E-state index contributed by atoms with van der Waals surface area (Å²) in [6.07, 6.45) is 6.66. The van der Waals surface area contributed by atoms with Crippen molar-refractivity contribution < 1.29 is 0 Å². The number of hydrogen-bond donors (Lipinski definition) is 2. The van der Waals surface area contributed by atoms with Crippen LogP contribution in [0.3, 0.4) is 0 Å². The second-order valence-electron chi connectivity index (χ2n) is 8.18. The van der Waals surface area contributed by atoms with E-state index in [9.17, 15) is 0 Å². The van der Waals surface area contributed by atoms with Gasteiger partial charge in [0, 0.05) is 46.9 Å². The second kappa shape index (κ2) is 8.92. The van der Waals surface area contributed by atoms with E-state index in [1.165, 1.54) is 16.4 Å². The van der Waals surface area contributed by atoms with Crippen molar-refractivity contribution in [3.8, 4) is 11.1 Å². The molecule has 0 spiro atoms. The quantitative estimate of drug-likeness (QED) is 0.269. The lowest BCUT2D eigenvalue weighted by Gasteiger charge is -2.38. The molecule has 0 atom stereocenters. The molecule has 33 heavy (non-hydrogen) atoms.